The van der Waals surface area contributed by atoms with Crippen LogP contribution in [-0.4, -0.2) is 49.4 Å². The number of rotatable bonds is 5. The average molecular weight is 367 g/mol. The van der Waals surface area contributed by atoms with Crippen molar-refractivity contribution in [1.29, 1.82) is 0 Å². The van der Waals surface area contributed by atoms with E-state index < -0.39 is 6.10 Å². The summed E-state index contributed by atoms with van der Waals surface area (Å²) in [5.74, 6) is -0.112. The molecule has 0 aliphatic carbocycles. The van der Waals surface area contributed by atoms with E-state index in [2.05, 4.69) is 10.6 Å². The Bertz CT molecular complexity index is 856. The maximum absolute atomic E-state index is 12.5. The van der Waals surface area contributed by atoms with Crippen LogP contribution in [0.3, 0.4) is 0 Å². The second-order valence-electron chi connectivity index (χ2n) is 6.32. The Morgan fingerprint density at radius 3 is 2.67 bits per heavy atom. The number of fused-ring (bicyclic) bond motifs is 1. The third-order valence-electron chi connectivity index (χ3n) is 4.32. The topological polar surface area (TPSA) is 87.7 Å². The lowest BCUT2D eigenvalue weighted by Gasteiger charge is -2.17. The lowest BCUT2D eigenvalue weighted by Crippen LogP contribution is -2.37. The maximum atomic E-state index is 12.5. The minimum atomic E-state index is -0.599. The molecule has 0 saturated carbocycles. The van der Waals surface area contributed by atoms with E-state index in [4.69, 9.17) is 4.74 Å². The first kappa shape index (κ1) is 18.4. The Morgan fingerprint density at radius 1 is 1.15 bits per heavy atom. The lowest BCUT2D eigenvalue weighted by atomic mass is 10.1. The normalized spacial score (nSPS) is 14.7. The van der Waals surface area contributed by atoms with Crippen molar-refractivity contribution in [3.05, 3.63) is 59.7 Å². The minimum absolute atomic E-state index is 0.0416. The molecule has 0 saturated heterocycles. The van der Waals surface area contributed by atoms with Crippen LogP contribution in [0.2, 0.25) is 0 Å². The van der Waals surface area contributed by atoms with Crippen molar-refractivity contribution < 1.29 is 19.1 Å². The predicted octanol–water partition coefficient (Wildman–Crippen LogP) is 1.45. The number of carbonyl (C=O) groups is 3. The first-order valence-electron chi connectivity index (χ1n) is 8.59. The molecule has 0 aromatic heterocycles. The molecule has 2 aromatic carbocycles. The number of ether oxygens (including phenoxy) is 1. The number of para-hydroxylation sites is 1. The predicted molar refractivity (Wildman–Crippen MR) is 101 cm³/mol. The molecule has 3 amide bonds. The van der Waals surface area contributed by atoms with Crippen molar-refractivity contribution in [3.63, 3.8) is 0 Å². The van der Waals surface area contributed by atoms with Crippen LogP contribution in [0.1, 0.15) is 15.9 Å². The number of nitrogens with one attached hydrogen (secondary N) is 2. The summed E-state index contributed by atoms with van der Waals surface area (Å²) in [6.07, 6.45) is -0.0899. The SMILES string of the molecule is CNC(=O)CN(C)C(=O)c1cccc(NC(=O)C2Cc3ccccc3O2)c1. The summed E-state index contributed by atoms with van der Waals surface area (Å²) in [6, 6.07) is 14.2. The van der Waals surface area contributed by atoms with Crippen LogP contribution in [0.25, 0.3) is 0 Å². The monoisotopic (exact) mass is 367 g/mol. The zero-order chi connectivity index (χ0) is 19.4. The Balaban J connectivity index is 1.65. The fourth-order valence-electron chi connectivity index (χ4n) is 2.87. The summed E-state index contributed by atoms with van der Waals surface area (Å²) < 4.78 is 5.68. The average Bonchev–Trinajstić information content (AvgIpc) is 3.12. The van der Waals surface area contributed by atoms with E-state index in [1.54, 1.807) is 31.3 Å². The molecule has 0 fully saturated rings. The number of nitrogens with zero attached hydrogens (tertiary/aromatic N) is 1. The second kappa shape index (κ2) is 7.90. The summed E-state index contributed by atoms with van der Waals surface area (Å²) >= 11 is 0. The molecule has 2 aromatic rings. The number of anilines is 1. The summed E-state index contributed by atoms with van der Waals surface area (Å²) in [5, 5.41) is 5.27. The number of amides is 3. The summed E-state index contributed by atoms with van der Waals surface area (Å²) in [4.78, 5) is 37.7. The van der Waals surface area contributed by atoms with Crippen LogP contribution in [-0.2, 0) is 16.0 Å². The molecule has 7 nitrogen and oxygen atoms in total. The van der Waals surface area contributed by atoms with E-state index in [9.17, 15) is 14.4 Å². The van der Waals surface area contributed by atoms with E-state index in [0.717, 1.165) is 11.3 Å². The first-order valence-corrected chi connectivity index (χ1v) is 8.59. The molecule has 1 atom stereocenters. The van der Waals surface area contributed by atoms with Crippen LogP contribution in [0.15, 0.2) is 48.5 Å². The van der Waals surface area contributed by atoms with E-state index >= 15 is 0 Å². The van der Waals surface area contributed by atoms with Gasteiger partial charge in [0.25, 0.3) is 11.8 Å². The summed E-state index contributed by atoms with van der Waals surface area (Å²) in [6.45, 7) is -0.0416. The molecule has 1 unspecified atom stereocenters. The first-order chi connectivity index (χ1) is 13.0. The fraction of sp³-hybridized carbons (Fsp3) is 0.250. The minimum Gasteiger partial charge on any atom is -0.480 e. The highest BCUT2D eigenvalue weighted by atomic mass is 16.5. The number of hydrogen-bond donors (Lipinski definition) is 2. The fourth-order valence-corrected chi connectivity index (χ4v) is 2.87. The van der Waals surface area contributed by atoms with Crippen molar-refractivity contribution in [2.75, 3.05) is 26.0 Å². The largest absolute Gasteiger partial charge is 0.480 e. The smallest absolute Gasteiger partial charge is 0.265 e. The third-order valence-corrected chi connectivity index (χ3v) is 4.32. The number of benzene rings is 2. The van der Waals surface area contributed by atoms with Gasteiger partial charge in [0.05, 0.1) is 6.54 Å². The van der Waals surface area contributed by atoms with E-state index in [0.29, 0.717) is 17.7 Å². The Hall–Kier alpha value is -3.35. The van der Waals surface area contributed by atoms with Crippen molar-refractivity contribution in [2.24, 2.45) is 0 Å². The summed E-state index contributed by atoms with van der Waals surface area (Å²) in [5.41, 5.74) is 1.88. The van der Waals surface area contributed by atoms with Gasteiger partial charge in [0, 0.05) is 31.8 Å². The van der Waals surface area contributed by atoms with Crippen molar-refractivity contribution in [1.82, 2.24) is 10.2 Å². The highest BCUT2D eigenvalue weighted by Gasteiger charge is 2.28. The second-order valence-corrected chi connectivity index (χ2v) is 6.32. The lowest BCUT2D eigenvalue weighted by molar-refractivity contribution is -0.122. The molecule has 7 heteroatoms. The molecule has 1 aliphatic heterocycles. The van der Waals surface area contributed by atoms with Gasteiger partial charge in [-0.25, -0.2) is 0 Å². The van der Waals surface area contributed by atoms with Crippen LogP contribution >= 0.6 is 0 Å². The molecule has 0 radical (unpaired) electrons. The zero-order valence-electron chi connectivity index (χ0n) is 15.2. The van der Waals surface area contributed by atoms with Crippen LogP contribution in [0.5, 0.6) is 5.75 Å². The van der Waals surface area contributed by atoms with Crippen molar-refractivity contribution in [2.45, 2.75) is 12.5 Å². The van der Waals surface area contributed by atoms with Crippen LogP contribution in [0, 0.1) is 0 Å². The van der Waals surface area contributed by atoms with Gasteiger partial charge in [-0.3, -0.25) is 14.4 Å². The van der Waals surface area contributed by atoms with E-state index in [1.165, 1.54) is 11.9 Å². The van der Waals surface area contributed by atoms with Gasteiger partial charge in [-0.05, 0) is 29.8 Å². The van der Waals surface area contributed by atoms with Gasteiger partial charge in [0.15, 0.2) is 6.10 Å². The molecule has 1 aliphatic rings. The molecule has 2 N–H and O–H groups in total. The Labute approximate surface area is 157 Å². The Kier molecular flexibility index (Phi) is 5.40. The zero-order valence-corrected chi connectivity index (χ0v) is 15.2. The molecule has 1 heterocycles. The van der Waals surface area contributed by atoms with Gasteiger partial charge < -0.3 is 20.3 Å². The quantitative estimate of drug-likeness (QED) is 0.837. The van der Waals surface area contributed by atoms with Crippen molar-refractivity contribution in [3.8, 4) is 5.75 Å². The molecule has 0 spiro atoms. The van der Waals surface area contributed by atoms with Gasteiger partial charge in [-0.2, -0.15) is 0 Å². The molecule has 3 rings (SSSR count). The van der Waals surface area contributed by atoms with Gasteiger partial charge in [0.2, 0.25) is 5.91 Å². The molecule has 0 bridgehead atoms. The van der Waals surface area contributed by atoms with E-state index in [1.807, 2.05) is 24.3 Å². The molecule has 27 heavy (non-hydrogen) atoms. The molecular formula is C20H21N3O4. The van der Waals surface area contributed by atoms with Crippen LogP contribution in [0.4, 0.5) is 5.69 Å². The maximum Gasteiger partial charge on any atom is 0.265 e. The van der Waals surface area contributed by atoms with Gasteiger partial charge >= 0.3 is 0 Å². The molecule has 140 valence electrons. The summed E-state index contributed by atoms with van der Waals surface area (Å²) in [7, 11) is 3.06. The third kappa shape index (κ3) is 4.25. The highest BCUT2D eigenvalue weighted by molar-refractivity contribution is 5.99. The van der Waals surface area contributed by atoms with E-state index in [-0.39, 0.29) is 24.3 Å². The standard InChI is InChI=1S/C20H21N3O4/c1-21-18(24)12-23(2)20(26)14-7-5-8-15(10-14)22-19(25)17-11-13-6-3-4-9-16(13)27-17/h3-10,17H,11-12H2,1-2H3,(H,21,24)(H,22,25). The number of likely N-dealkylation sites (N-methyl/N-ethyl adjacent to an activating group) is 2. The number of hydrogen-bond acceptors (Lipinski definition) is 4. The molecular weight excluding hydrogens is 346 g/mol. The highest BCUT2D eigenvalue weighted by Crippen LogP contribution is 2.28. The van der Waals surface area contributed by atoms with Gasteiger partial charge in [-0.1, -0.05) is 24.3 Å². The number of carbonyl (C=O) groups excluding carboxylic acids is 3. The van der Waals surface area contributed by atoms with Crippen LogP contribution < -0.4 is 15.4 Å². The Morgan fingerprint density at radius 2 is 1.93 bits per heavy atom. The van der Waals surface area contributed by atoms with Crippen molar-refractivity contribution >= 4 is 23.4 Å². The van der Waals surface area contributed by atoms with Gasteiger partial charge in [0.1, 0.15) is 5.75 Å². The van der Waals surface area contributed by atoms with Gasteiger partial charge in [-0.15, -0.1) is 0 Å².